The number of nitrogens with zero attached hydrogens (tertiary/aromatic N) is 2. The van der Waals surface area contributed by atoms with Gasteiger partial charge in [0.25, 0.3) is 0 Å². The first kappa shape index (κ1) is 23.3. The molecule has 1 aromatic heterocycles. The monoisotopic (exact) mass is 486 g/mol. The maximum atomic E-state index is 5.46. The van der Waals surface area contributed by atoms with Crippen molar-refractivity contribution in [2.24, 2.45) is 4.99 Å². The highest BCUT2D eigenvalue weighted by Gasteiger charge is 2.08. The highest BCUT2D eigenvalue weighted by Crippen LogP contribution is 2.20. The van der Waals surface area contributed by atoms with E-state index in [1.807, 2.05) is 19.9 Å². The van der Waals surface area contributed by atoms with E-state index in [1.54, 1.807) is 7.11 Å². The molecule has 0 amide bonds. The summed E-state index contributed by atoms with van der Waals surface area (Å²) in [5.41, 5.74) is 4.44. The largest absolute Gasteiger partial charge is 0.496 e. The van der Waals surface area contributed by atoms with Crippen molar-refractivity contribution in [3.05, 3.63) is 46.3 Å². The smallest absolute Gasteiger partial charge is 0.191 e. The van der Waals surface area contributed by atoms with Crippen molar-refractivity contribution >= 4 is 29.9 Å². The van der Waals surface area contributed by atoms with Gasteiger partial charge in [0.2, 0.25) is 0 Å². The Balaban J connectivity index is 0.00000364. The van der Waals surface area contributed by atoms with Gasteiger partial charge >= 0.3 is 0 Å². The molecule has 0 bridgehead atoms. The van der Waals surface area contributed by atoms with Gasteiger partial charge in [0.15, 0.2) is 5.96 Å². The van der Waals surface area contributed by atoms with Gasteiger partial charge in [-0.25, -0.2) is 4.99 Å². The van der Waals surface area contributed by atoms with Gasteiger partial charge in [0, 0.05) is 24.2 Å². The molecule has 0 radical (unpaired) electrons. The van der Waals surface area contributed by atoms with E-state index in [-0.39, 0.29) is 24.0 Å². The van der Waals surface area contributed by atoms with Gasteiger partial charge in [-0.1, -0.05) is 17.3 Å². The van der Waals surface area contributed by atoms with Gasteiger partial charge in [-0.05, 0) is 52.2 Å². The molecule has 6 nitrogen and oxygen atoms in total. The summed E-state index contributed by atoms with van der Waals surface area (Å²) in [6, 6.07) is 6.19. The average molecular weight is 486 g/mol. The van der Waals surface area contributed by atoms with E-state index in [0.29, 0.717) is 6.54 Å². The van der Waals surface area contributed by atoms with Gasteiger partial charge in [-0.3, -0.25) is 0 Å². The molecule has 2 N–H and O–H groups in total. The molecule has 0 spiro atoms. The third-order valence-corrected chi connectivity index (χ3v) is 4.27. The van der Waals surface area contributed by atoms with Crippen LogP contribution in [-0.4, -0.2) is 31.3 Å². The predicted octanol–water partition coefficient (Wildman–Crippen LogP) is 3.91. The van der Waals surface area contributed by atoms with Gasteiger partial charge in [0.05, 0.1) is 19.3 Å². The quantitative estimate of drug-likeness (QED) is 0.256. The summed E-state index contributed by atoms with van der Waals surface area (Å²) >= 11 is 0. The number of methoxy groups -OCH3 is 1. The van der Waals surface area contributed by atoms with Crippen molar-refractivity contribution < 1.29 is 9.26 Å². The van der Waals surface area contributed by atoms with Crippen LogP contribution in [0.5, 0.6) is 5.75 Å². The molecule has 27 heavy (non-hydrogen) atoms. The van der Waals surface area contributed by atoms with Crippen molar-refractivity contribution in [1.82, 2.24) is 15.8 Å². The number of halogens is 1. The zero-order chi connectivity index (χ0) is 18.9. The Bertz CT molecular complexity index is 724. The number of ether oxygens (including phenoxy) is 1. The lowest BCUT2D eigenvalue weighted by Crippen LogP contribution is -2.37. The van der Waals surface area contributed by atoms with Crippen molar-refractivity contribution in [3.63, 3.8) is 0 Å². The molecule has 1 heterocycles. The van der Waals surface area contributed by atoms with Crippen LogP contribution in [0.15, 0.2) is 27.7 Å². The van der Waals surface area contributed by atoms with Gasteiger partial charge in [0.1, 0.15) is 11.5 Å². The summed E-state index contributed by atoms with van der Waals surface area (Å²) in [5.74, 6) is 2.60. The van der Waals surface area contributed by atoms with Crippen molar-refractivity contribution in [3.8, 4) is 5.75 Å². The Morgan fingerprint density at radius 1 is 1.22 bits per heavy atom. The number of rotatable bonds is 8. The van der Waals surface area contributed by atoms with E-state index >= 15 is 0 Å². The Labute approximate surface area is 179 Å². The fourth-order valence-corrected chi connectivity index (χ4v) is 2.82. The second kappa shape index (κ2) is 11.8. The Kier molecular flexibility index (Phi) is 10.2. The third kappa shape index (κ3) is 7.04. The number of aryl methyl sites for hydroxylation is 3. The van der Waals surface area contributed by atoms with E-state index in [2.05, 4.69) is 46.8 Å². The van der Waals surface area contributed by atoms with Crippen molar-refractivity contribution in [2.45, 2.75) is 47.1 Å². The number of nitrogens with one attached hydrogen (secondary N) is 2. The van der Waals surface area contributed by atoms with Crippen LogP contribution >= 0.6 is 24.0 Å². The molecule has 7 heteroatoms. The lowest BCUT2D eigenvalue weighted by molar-refractivity contribution is 0.392. The van der Waals surface area contributed by atoms with Crippen LogP contribution in [0.2, 0.25) is 0 Å². The molecule has 150 valence electrons. The highest BCUT2D eigenvalue weighted by atomic mass is 127. The number of aliphatic imine (C=N–C) groups is 1. The second-order valence-electron chi connectivity index (χ2n) is 6.34. The molecule has 0 saturated carbocycles. The Hall–Kier alpha value is -1.77. The highest BCUT2D eigenvalue weighted by molar-refractivity contribution is 14.0. The topological polar surface area (TPSA) is 71.7 Å². The first-order valence-electron chi connectivity index (χ1n) is 9.12. The van der Waals surface area contributed by atoms with Crippen LogP contribution in [0.1, 0.15) is 41.5 Å². The number of hydrogen-bond acceptors (Lipinski definition) is 4. The lowest BCUT2D eigenvalue weighted by Gasteiger charge is -2.12. The fraction of sp³-hybridized carbons (Fsp3) is 0.500. The maximum Gasteiger partial charge on any atom is 0.191 e. The Morgan fingerprint density at radius 3 is 2.63 bits per heavy atom. The molecule has 1 aromatic carbocycles. The van der Waals surface area contributed by atoms with Crippen molar-refractivity contribution in [1.29, 1.82) is 0 Å². The predicted molar refractivity (Wildman–Crippen MR) is 120 cm³/mol. The van der Waals surface area contributed by atoms with E-state index in [0.717, 1.165) is 54.7 Å². The second-order valence-corrected chi connectivity index (χ2v) is 6.34. The average Bonchev–Trinajstić information content (AvgIpc) is 2.95. The first-order chi connectivity index (χ1) is 12.5. The van der Waals surface area contributed by atoms with Gasteiger partial charge < -0.3 is 19.9 Å². The molecule has 0 aliphatic heterocycles. The van der Waals surface area contributed by atoms with E-state index in [9.17, 15) is 0 Å². The minimum Gasteiger partial charge on any atom is -0.496 e. The zero-order valence-electron chi connectivity index (χ0n) is 16.9. The summed E-state index contributed by atoms with van der Waals surface area (Å²) in [6.07, 6.45) is 1.93. The van der Waals surface area contributed by atoms with Crippen LogP contribution in [-0.2, 0) is 13.0 Å². The first-order valence-corrected chi connectivity index (χ1v) is 9.12. The van der Waals surface area contributed by atoms with Crippen LogP contribution in [0.4, 0.5) is 0 Å². The van der Waals surface area contributed by atoms with E-state index in [4.69, 9.17) is 9.26 Å². The van der Waals surface area contributed by atoms with Crippen molar-refractivity contribution in [2.75, 3.05) is 20.2 Å². The molecule has 0 fully saturated rings. The fourth-order valence-electron chi connectivity index (χ4n) is 2.82. The molecule has 2 aromatic rings. The lowest BCUT2D eigenvalue weighted by atomic mass is 10.1. The van der Waals surface area contributed by atoms with Gasteiger partial charge in [-0.15, -0.1) is 24.0 Å². The minimum absolute atomic E-state index is 0. The molecule has 0 aliphatic carbocycles. The molecule has 0 saturated heterocycles. The van der Waals surface area contributed by atoms with Crippen LogP contribution in [0, 0.1) is 20.8 Å². The summed E-state index contributed by atoms with van der Waals surface area (Å²) in [4.78, 5) is 4.68. The normalized spacial score (nSPS) is 11.1. The minimum atomic E-state index is 0. The summed E-state index contributed by atoms with van der Waals surface area (Å²) in [7, 11) is 1.69. The van der Waals surface area contributed by atoms with E-state index in [1.165, 1.54) is 11.1 Å². The summed E-state index contributed by atoms with van der Waals surface area (Å²) in [6.45, 7) is 10.3. The van der Waals surface area contributed by atoms with Crippen LogP contribution in [0.3, 0.4) is 0 Å². The maximum absolute atomic E-state index is 5.46. The zero-order valence-corrected chi connectivity index (χ0v) is 19.2. The van der Waals surface area contributed by atoms with Crippen LogP contribution < -0.4 is 15.4 Å². The number of aromatic nitrogens is 1. The van der Waals surface area contributed by atoms with Crippen LogP contribution in [0.25, 0.3) is 0 Å². The number of guanidine groups is 1. The van der Waals surface area contributed by atoms with Gasteiger partial charge in [-0.2, -0.15) is 0 Å². The summed E-state index contributed by atoms with van der Waals surface area (Å²) in [5, 5.41) is 10.7. The molecule has 0 aliphatic rings. The molecule has 0 unspecified atom stereocenters. The number of hydrogen-bond donors (Lipinski definition) is 2. The summed E-state index contributed by atoms with van der Waals surface area (Å²) < 4.78 is 10.7. The third-order valence-electron chi connectivity index (χ3n) is 4.27. The molecular weight excluding hydrogens is 455 g/mol. The molecular formula is C20H31IN4O2. The SMILES string of the molecule is CCNC(=NCc1ccc(C)cc1OC)NCCCc1c(C)noc1C.I. The standard InChI is InChI=1S/C20H30N4O2.HI/c1-6-21-20(22-11-7-8-18-15(3)24-26-16(18)4)23-13-17-10-9-14(2)12-19(17)25-5;/h9-10,12H,6-8,11,13H2,1-5H3,(H2,21,22,23);1H. The van der Waals surface area contributed by atoms with E-state index < -0.39 is 0 Å². The Morgan fingerprint density at radius 2 is 2.00 bits per heavy atom. The molecule has 2 rings (SSSR count). The number of benzene rings is 1. The molecule has 0 atom stereocenters.